The number of hydrogen-bond acceptors (Lipinski definition) is 6. The minimum Gasteiger partial charge on any atom is -0.497 e. The van der Waals surface area contributed by atoms with E-state index in [2.05, 4.69) is 10.6 Å². The number of hydrogen-bond donors (Lipinski definition) is 2. The number of ether oxygens (including phenoxy) is 2. The molecule has 0 saturated carbocycles. The normalized spacial score (nSPS) is 10.9. The zero-order chi connectivity index (χ0) is 29.2. The quantitative estimate of drug-likeness (QED) is 0.258. The van der Waals surface area contributed by atoms with Gasteiger partial charge in [-0.25, -0.2) is 8.42 Å². The highest BCUT2D eigenvalue weighted by molar-refractivity contribution is 7.92. The number of carbonyl (C=O) groups excluding carboxylic acids is 2. The van der Waals surface area contributed by atoms with Crippen molar-refractivity contribution in [3.05, 3.63) is 114 Å². The Morgan fingerprint density at radius 1 is 0.780 bits per heavy atom. The van der Waals surface area contributed by atoms with E-state index in [-0.39, 0.29) is 33.5 Å². The number of nitrogens with zero attached hydrogens (tertiary/aromatic N) is 1. The molecule has 0 spiro atoms. The van der Waals surface area contributed by atoms with E-state index in [9.17, 15) is 18.0 Å². The largest absolute Gasteiger partial charge is 0.497 e. The second-order valence-electron chi connectivity index (χ2n) is 8.94. The number of sulfonamides is 1. The molecule has 0 unspecified atom stereocenters. The summed E-state index contributed by atoms with van der Waals surface area (Å²) in [5.41, 5.74) is 1.80. The first kappa shape index (κ1) is 29.2. The summed E-state index contributed by atoms with van der Waals surface area (Å²) in [6.07, 6.45) is 0.651. The van der Waals surface area contributed by atoms with Crippen molar-refractivity contribution in [2.75, 3.05) is 36.9 Å². The van der Waals surface area contributed by atoms with Crippen LogP contribution >= 0.6 is 0 Å². The summed E-state index contributed by atoms with van der Waals surface area (Å²) in [4.78, 5) is 26.3. The van der Waals surface area contributed by atoms with Gasteiger partial charge < -0.3 is 20.1 Å². The standard InChI is InChI=1S/C31H31N3O6S/c1-39-24-16-18-25(19-17-24)41(37,38)34(28-14-8-9-15-29(28)40-2)22-30(35)33-27-13-7-6-12-26(27)31(36)32-21-20-23-10-4-3-5-11-23/h3-19H,20-22H2,1-2H3,(H,32,36)(H,33,35). The van der Waals surface area contributed by atoms with Crippen molar-refractivity contribution >= 4 is 33.2 Å². The molecule has 4 aromatic rings. The molecule has 0 atom stereocenters. The maximum atomic E-state index is 13.8. The molecule has 0 fully saturated rings. The number of para-hydroxylation sites is 3. The molecule has 0 heterocycles. The van der Waals surface area contributed by atoms with Crippen molar-refractivity contribution in [2.45, 2.75) is 11.3 Å². The minimum absolute atomic E-state index is 0.0322. The highest BCUT2D eigenvalue weighted by Crippen LogP contribution is 2.32. The van der Waals surface area contributed by atoms with Crippen LogP contribution in [0, 0.1) is 0 Å². The lowest BCUT2D eigenvalue weighted by Gasteiger charge is -2.26. The first-order valence-electron chi connectivity index (χ1n) is 12.8. The zero-order valence-corrected chi connectivity index (χ0v) is 23.6. The van der Waals surface area contributed by atoms with E-state index in [1.807, 2.05) is 30.3 Å². The fraction of sp³-hybridized carbons (Fsp3) is 0.161. The molecule has 0 radical (unpaired) electrons. The van der Waals surface area contributed by atoms with Crippen LogP contribution in [0.3, 0.4) is 0 Å². The van der Waals surface area contributed by atoms with Crippen molar-refractivity contribution in [2.24, 2.45) is 0 Å². The predicted molar refractivity (Wildman–Crippen MR) is 158 cm³/mol. The van der Waals surface area contributed by atoms with E-state index < -0.39 is 22.5 Å². The van der Waals surface area contributed by atoms with Crippen molar-refractivity contribution < 1.29 is 27.5 Å². The van der Waals surface area contributed by atoms with Crippen LogP contribution in [0.1, 0.15) is 15.9 Å². The van der Waals surface area contributed by atoms with Gasteiger partial charge in [-0.2, -0.15) is 0 Å². The molecule has 2 N–H and O–H groups in total. The van der Waals surface area contributed by atoms with E-state index in [1.54, 1.807) is 48.5 Å². The van der Waals surface area contributed by atoms with Crippen LogP contribution in [-0.2, 0) is 21.2 Å². The molecule has 0 bridgehead atoms. The number of benzene rings is 4. The molecule has 41 heavy (non-hydrogen) atoms. The lowest BCUT2D eigenvalue weighted by Crippen LogP contribution is -2.38. The molecule has 212 valence electrons. The number of anilines is 2. The van der Waals surface area contributed by atoms with Gasteiger partial charge in [-0.05, 0) is 60.5 Å². The summed E-state index contributed by atoms with van der Waals surface area (Å²) >= 11 is 0. The van der Waals surface area contributed by atoms with Crippen molar-refractivity contribution in [1.82, 2.24) is 5.32 Å². The summed E-state index contributed by atoms with van der Waals surface area (Å²) in [6.45, 7) is -0.161. The second kappa shape index (κ2) is 13.5. The molecule has 4 aromatic carbocycles. The van der Waals surface area contributed by atoms with E-state index in [1.165, 1.54) is 38.5 Å². The first-order chi connectivity index (χ1) is 19.8. The molecular weight excluding hydrogens is 542 g/mol. The third kappa shape index (κ3) is 7.23. The number of rotatable bonds is 12. The summed E-state index contributed by atoms with van der Waals surface area (Å²) < 4.78 is 39.1. The minimum atomic E-state index is -4.21. The van der Waals surface area contributed by atoms with Crippen LogP contribution in [0.2, 0.25) is 0 Å². The monoisotopic (exact) mass is 573 g/mol. The Labute approximate surface area is 239 Å². The highest BCUT2D eigenvalue weighted by Gasteiger charge is 2.30. The van der Waals surface area contributed by atoms with Crippen molar-refractivity contribution in [3.8, 4) is 11.5 Å². The maximum Gasteiger partial charge on any atom is 0.264 e. The van der Waals surface area contributed by atoms with Gasteiger partial charge in [-0.3, -0.25) is 13.9 Å². The Balaban J connectivity index is 1.56. The Bertz CT molecular complexity index is 1590. The molecule has 0 saturated heterocycles. The summed E-state index contributed by atoms with van der Waals surface area (Å²) in [7, 11) is -1.30. The molecular formula is C31H31N3O6S. The average molecular weight is 574 g/mol. The number of nitrogens with one attached hydrogen (secondary N) is 2. The Morgan fingerprint density at radius 3 is 2.15 bits per heavy atom. The third-order valence-electron chi connectivity index (χ3n) is 6.28. The molecule has 0 aliphatic heterocycles. The van der Waals surface area contributed by atoms with E-state index in [4.69, 9.17) is 9.47 Å². The van der Waals surface area contributed by atoms with Gasteiger partial charge in [0.15, 0.2) is 0 Å². The van der Waals surface area contributed by atoms with Gasteiger partial charge in [0.1, 0.15) is 18.0 Å². The number of amides is 2. The van der Waals surface area contributed by atoms with Gasteiger partial charge in [-0.1, -0.05) is 54.6 Å². The van der Waals surface area contributed by atoms with Crippen LogP contribution in [0.15, 0.2) is 108 Å². The lowest BCUT2D eigenvalue weighted by molar-refractivity contribution is -0.114. The summed E-state index contributed by atoms with van der Waals surface area (Å²) in [5.74, 6) is -0.235. The lowest BCUT2D eigenvalue weighted by atomic mass is 10.1. The fourth-order valence-electron chi connectivity index (χ4n) is 4.18. The van der Waals surface area contributed by atoms with Gasteiger partial charge in [0.25, 0.3) is 15.9 Å². The third-order valence-corrected chi connectivity index (χ3v) is 8.05. The molecule has 0 aliphatic rings. The van der Waals surface area contributed by atoms with Crippen molar-refractivity contribution in [1.29, 1.82) is 0 Å². The van der Waals surface area contributed by atoms with Gasteiger partial charge in [0.05, 0.1) is 36.1 Å². The van der Waals surface area contributed by atoms with Crippen LogP contribution in [0.4, 0.5) is 11.4 Å². The molecule has 9 nitrogen and oxygen atoms in total. The van der Waals surface area contributed by atoms with E-state index >= 15 is 0 Å². The van der Waals surface area contributed by atoms with Crippen LogP contribution in [0.5, 0.6) is 11.5 Å². The van der Waals surface area contributed by atoms with Gasteiger partial charge in [0.2, 0.25) is 5.91 Å². The topological polar surface area (TPSA) is 114 Å². The summed E-state index contributed by atoms with van der Waals surface area (Å²) in [5, 5.41) is 5.59. The summed E-state index contributed by atoms with van der Waals surface area (Å²) in [6, 6.07) is 28.7. The molecule has 10 heteroatoms. The highest BCUT2D eigenvalue weighted by atomic mass is 32.2. The van der Waals surface area contributed by atoms with E-state index in [0.717, 1.165) is 9.87 Å². The molecule has 0 aliphatic carbocycles. The van der Waals surface area contributed by atoms with Crippen LogP contribution in [-0.4, -0.2) is 47.5 Å². The van der Waals surface area contributed by atoms with Crippen molar-refractivity contribution in [3.63, 3.8) is 0 Å². The van der Waals surface area contributed by atoms with Crippen LogP contribution < -0.4 is 24.4 Å². The van der Waals surface area contributed by atoms with Gasteiger partial charge >= 0.3 is 0 Å². The molecule has 2 amide bonds. The Kier molecular flexibility index (Phi) is 9.60. The molecule has 0 aromatic heterocycles. The fourth-order valence-corrected chi connectivity index (χ4v) is 5.61. The number of carbonyl (C=O) groups is 2. The Hall–Kier alpha value is -4.83. The maximum absolute atomic E-state index is 13.8. The average Bonchev–Trinajstić information content (AvgIpc) is 3.00. The van der Waals surface area contributed by atoms with Gasteiger partial charge in [0, 0.05) is 6.54 Å². The van der Waals surface area contributed by atoms with E-state index in [0.29, 0.717) is 18.7 Å². The smallest absolute Gasteiger partial charge is 0.264 e. The predicted octanol–water partition coefficient (Wildman–Crippen LogP) is 4.51. The first-order valence-corrected chi connectivity index (χ1v) is 14.3. The van der Waals surface area contributed by atoms with Gasteiger partial charge in [-0.15, -0.1) is 0 Å². The Morgan fingerprint density at radius 2 is 1.44 bits per heavy atom. The zero-order valence-electron chi connectivity index (χ0n) is 22.7. The van der Waals surface area contributed by atoms with Crippen LogP contribution in [0.25, 0.3) is 0 Å². The second-order valence-corrected chi connectivity index (χ2v) is 10.8. The SMILES string of the molecule is COc1ccc(S(=O)(=O)N(CC(=O)Nc2ccccc2C(=O)NCCc2ccccc2)c2ccccc2OC)cc1. The molecule has 4 rings (SSSR count). The number of methoxy groups -OCH3 is 2.